The molecule has 0 saturated heterocycles. The summed E-state index contributed by atoms with van der Waals surface area (Å²) < 4.78 is 0. The van der Waals surface area contributed by atoms with Crippen LogP contribution in [0.3, 0.4) is 0 Å². The first-order chi connectivity index (χ1) is 7.16. The van der Waals surface area contributed by atoms with Gasteiger partial charge in [-0.1, -0.05) is 23.8 Å². The van der Waals surface area contributed by atoms with Crippen molar-refractivity contribution in [3.63, 3.8) is 0 Å². The fraction of sp³-hybridized carbons (Fsp3) is 0.571. The molecule has 0 amide bonds. The maximum Gasteiger partial charge on any atom is 0.0210 e. The number of hydrogen-bond acceptors (Lipinski definition) is 1. The summed E-state index contributed by atoms with van der Waals surface area (Å²) >= 11 is 0. The summed E-state index contributed by atoms with van der Waals surface area (Å²) in [6.45, 7) is 7.68. The third-order valence-electron chi connectivity index (χ3n) is 3.45. The molecule has 1 aromatic rings. The van der Waals surface area contributed by atoms with E-state index in [2.05, 4.69) is 44.3 Å². The van der Waals surface area contributed by atoms with E-state index in [-0.39, 0.29) is 0 Å². The second kappa shape index (κ2) is 4.36. The van der Waals surface area contributed by atoms with E-state index < -0.39 is 0 Å². The Kier molecular flexibility index (Phi) is 3.11. The Balaban J connectivity index is 1.94. The molecule has 1 aliphatic rings. The highest BCUT2D eigenvalue weighted by molar-refractivity contribution is 5.30. The van der Waals surface area contributed by atoms with Gasteiger partial charge in [0, 0.05) is 12.6 Å². The fourth-order valence-electron chi connectivity index (χ4n) is 2.02. The van der Waals surface area contributed by atoms with Crippen LogP contribution in [-0.4, -0.2) is 6.04 Å². The lowest BCUT2D eigenvalue weighted by molar-refractivity contribution is 0.495. The molecule has 1 fully saturated rings. The number of rotatable bonds is 4. The molecule has 1 aliphatic carbocycles. The number of benzene rings is 1. The summed E-state index contributed by atoms with van der Waals surface area (Å²) in [7, 11) is 0. The van der Waals surface area contributed by atoms with Crippen molar-refractivity contribution < 1.29 is 0 Å². The zero-order valence-corrected chi connectivity index (χ0v) is 10.0. The van der Waals surface area contributed by atoms with Crippen molar-refractivity contribution in [1.82, 2.24) is 5.32 Å². The molecule has 0 heterocycles. The third-order valence-corrected chi connectivity index (χ3v) is 3.45. The van der Waals surface area contributed by atoms with E-state index in [1.54, 1.807) is 0 Å². The minimum absolute atomic E-state index is 0.685. The first-order valence-corrected chi connectivity index (χ1v) is 5.96. The molecule has 0 aromatic heterocycles. The van der Waals surface area contributed by atoms with Gasteiger partial charge in [-0.25, -0.2) is 0 Å². The highest BCUT2D eigenvalue weighted by Crippen LogP contribution is 2.32. The molecule has 0 spiro atoms. The van der Waals surface area contributed by atoms with Gasteiger partial charge in [-0.2, -0.15) is 0 Å². The van der Waals surface area contributed by atoms with Crippen LogP contribution in [0.2, 0.25) is 0 Å². The summed E-state index contributed by atoms with van der Waals surface area (Å²) in [4.78, 5) is 0. The van der Waals surface area contributed by atoms with Crippen LogP contribution in [0.1, 0.15) is 36.5 Å². The highest BCUT2D eigenvalue weighted by atomic mass is 14.9. The maximum absolute atomic E-state index is 3.63. The van der Waals surface area contributed by atoms with Gasteiger partial charge in [0.25, 0.3) is 0 Å². The van der Waals surface area contributed by atoms with Gasteiger partial charge in [-0.05, 0) is 50.7 Å². The molecule has 0 aliphatic heterocycles. The van der Waals surface area contributed by atoms with Crippen molar-refractivity contribution in [2.75, 3.05) is 0 Å². The van der Waals surface area contributed by atoms with Crippen LogP contribution in [0.4, 0.5) is 0 Å². The third kappa shape index (κ3) is 2.82. The monoisotopic (exact) mass is 203 g/mol. The van der Waals surface area contributed by atoms with Crippen LogP contribution in [0.5, 0.6) is 0 Å². The van der Waals surface area contributed by atoms with Crippen LogP contribution in [0.15, 0.2) is 18.2 Å². The van der Waals surface area contributed by atoms with Crippen LogP contribution >= 0.6 is 0 Å². The van der Waals surface area contributed by atoms with Gasteiger partial charge in [-0.3, -0.25) is 0 Å². The maximum atomic E-state index is 3.63. The summed E-state index contributed by atoms with van der Waals surface area (Å²) in [5.74, 6) is 0.940. The van der Waals surface area contributed by atoms with Crippen molar-refractivity contribution in [1.29, 1.82) is 0 Å². The molecule has 1 N–H and O–H groups in total. The first-order valence-electron chi connectivity index (χ1n) is 5.96. The van der Waals surface area contributed by atoms with Crippen molar-refractivity contribution in [2.45, 2.75) is 46.2 Å². The number of hydrogen-bond donors (Lipinski definition) is 1. The molecule has 15 heavy (non-hydrogen) atoms. The van der Waals surface area contributed by atoms with Crippen LogP contribution < -0.4 is 5.32 Å². The van der Waals surface area contributed by atoms with Crippen molar-refractivity contribution in [3.05, 3.63) is 34.9 Å². The molecule has 0 radical (unpaired) electrons. The zero-order chi connectivity index (χ0) is 10.8. The van der Waals surface area contributed by atoms with Crippen LogP contribution in [0, 0.1) is 19.8 Å². The minimum Gasteiger partial charge on any atom is -0.310 e. The van der Waals surface area contributed by atoms with E-state index in [4.69, 9.17) is 0 Å². The molecule has 1 saturated carbocycles. The van der Waals surface area contributed by atoms with E-state index in [1.807, 2.05) is 0 Å². The summed E-state index contributed by atoms with van der Waals surface area (Å²) in [6, 6.07) is 7.38. The Labute approximate surface area is 92.9 Å². The topological polar surface area (TPSA) is 12.0 Å². The average Bonchev–Trinajstić information content (AvgIpc) is 3.02. The average molecular weight is 203 g/mol. The predicted molar refractivity (Wildman–Crippen MR) is 64.9 cm³/mol. The summed E-state index contributed by atoms with van der Waals surface area (Å²) in [5.41, 5.74) is 4.20. The minimum atomic E-state index is 0.685. The van der Waals surface area contributed by atoms with E-state index in [0.29, 0.717) is 6.04 Å². The SMILES string of the molecule is Cc1ccc(C)c(CNC(C)C2CC2)c1. The molecular weight excluding hydrogens is 182 g/mol. The van der Waals surface area contributed by atoms with Crippen LogP contribution in [-0.2, 0) is 6.54 Å². The predicted octanol–water partition coefficient (Wildman–Crippen LogP) is 3.19. The molecule has 82 valence electrons. The summed E-state index contributed by atoms with van der Waals surface area (Å²) in [5, 5.41) is 3.63. The molecule has 1 heteroatoms. The smallest absolute Gasteiger partial charge is 0.0210 e. The molecule has 1 atom stereocenters. The van der Waals surface area contributed by atoms with Gasteiger partial charge in [0.15, 0.2) is 0 Å². The fourth-order valence-corrected chi connectivity index (χ4v) is 2.02. The van der Waals surface area contributed by atoms with Crippen molar-refractivity contribution in [2.24, 2.45) is 5.92 Å². The van der Waals surface area contributed by atoms with Crippen molar-refractivity contribution >= 4 is 0 Å². The number of aryl methyl sites for hydroxylation is 2. The second-order valence-electron chi connectivity index (χ2n) is 4.94. The van der Waals surface area contributed by atoms with Gasteiger partial charge >= 0.3 is 0 Å². The van der Waals surface area contributed by atoms with Gasteiger partial charge < -0.3 is 5.32 Å². The van der Waals surface area contributed by atoms with Gasteiger partial charge in [-0.15, -0.1) is 0 Å². The van der Waals surface area contributed by atoms with E-state index in [9.17, 15) is 0 Å². The number of nitrogens with one attached hydrogen (secondary N) is 1. The molecule has 0 bridgehead atoms. The first kappa shape index (κ1) is 10.7. The quantitative estimate of drug-likeness (QED) is 0.792. The standard InChI is InChI=1S/C14H21N/c1-10-4-5-11(2)14(8-10)9-15-12(3)13-6-7-13/h4-5,8,12-13,15H,6-7,9H2,1-3H3. The van der Waals surface area contributed by atoms with Gasteiger partial charge in [0.2, 0.25) is 0 Å². The van der Waals surface area contributed by atoms with Gasteiger partial charge in [0.1, 0.15) is 0 Å². The Morgan fingerprint density at radius 2 is 2.07 bits per heavy atom. The summed E-state index contributed by atoms with van der Waals surface area (Å²) in [6.07, 6.45) is 2.84. The lowest BCUT2D eigenvalue weighted by Crippen LogP contribution is -2.27. The van der Waals surface area contributed by atoms with Gasteiger partial charge in [0.05, 0.1) is 0 Å². The Morgan fingerprint density at radius 1 is 1.33 bits per heavy atom. The molecule has 1 nitrogen and oxygen atoms in total. The molecule has 1 aromatic carbocycles. The normalized spacial score (nSPS) is 17.8. The van der Waals surface area contributed by atoms with E-state index in [1.165, 1.54) is 29.5 Å². The zero-order valence-electron chi connectivity index (χ0n) is 10.0. The Hall–Kier alpha value is -0.820. The highest BCUT2D eigenvalue weighted by Gasteiger charge is 2.27. The largest absolute Gasteiger partial charge is 0.310 e. The van der Waals surface area contributed by atoms with E-state index >= 15 is 0 Å². The lowest BCUT2D eigenvalue weighted by Gasteiger charge is -2.14. The lowest BCUT2D eigenvalue weighted by atomic mass is 10.1. The molecular formula is C14H21N. The Bertz CT molecular complexity index is 339. The van der Waals surface area contributed by atoms with Crippen molar-refractivity contribution in [3.8, 4) is 0 Å². The van der Waals surface area contributed by atoms with E-state index in [0.717, 1.165) is 12.5 Å². The molecule has 1 unspecified atom stereocenters. The van der Waals surface area contributed by atoms with Crippen LogP contribution in [0.25, 0.3) is 0 Å². The Morgan fingerprint density at radius 3 is 2.73 bits per heavy atom. The molecule has 2 rings (SSSR count). The second-order valence-corrected chi connectivity index (χ2v) is 4.94.